The van der Waals surface area contributed by atoms with Crippen molar-refractivity contribution in [2.45, 2.75) is 39.0 Å². The Morgan fingerprint density at radius 3 is 2.29 bits per heavy atom. The molecule has 1 aliphatic rings. The van der Waals surface area contributed by atoms with Gasteiger partial charge in [-0.1, -0.05) is 13.3 Å². The molecule has 1 saturated heterocycles. The summed E-state index contributed by atoms with van der Waals surface area (Å²) < 4.78 is 11.1. The van der Waals surface area contributed by atoms with Crippen molar-refractivity contribution in [1.82, 2.24) is 4.90 Å². The maximum atomic E-state index is 12.0. The summed E-state index contributed by atoms with van der Waals surface area (Å²) in [6, 6.07) is 7.47. The molecule has 0 radical (unpaired) electrons. The minimum Gasteiger partial charge on any atom is -0.494 e. The third-order valence-electron chi connectivity index (χ3n) is 3.66. The van der Waals surface area contributed by atoms with E-state index in [-0.39, 0.29) is 12.5 Å². The number of rotatable bonds is 7. The normalized spacial score (nSPS) is 14.8. The second-order valence-corrected chi connectivity index (χ2v) is 5.40. The second-order valence-electron chi connectivity index (χ2n) is 5.40. The number of carbonyl (C=O) groups excluding carboxylic acids is 1. The van der Waals surface area contributed by atoms with Gasteiger partial charge in [-0.2, -0.15) is 0 Å². The van der Waals surface area contributed by atoms with E-state index in [2.05, 4.69) is 6.92 Å². The lowest BCUT2D eigenvalue weighted by atomic mass is 10.1. The van der Waals surface area contributed by atoms with Gasteiger partial charge in [0.15, 0.2) is 6.61 Å². The standard InChI is InChI=1S/C17H25NO3/c1-2-3-13-20-15-7-9-16(10-8-15)21-14-17(19)18-11-5-4-6-12-18/h7-10H,2-6,11-14H2,1H3. The lowest BCUT2D eigenvalue weighted by Crippen LogP contribution is -2.38. The first-order chi connectivity index (χ1) is 10.3. The molecule has 0 atom stereocenters. The molecule has 2 rings (SSSR count). The van der Waals surface area contributed by atoms with E-state index in [1.54, 1.807) is 0 Å². The molecular formula is C17H25NO3. The zero-order valence-electron chi connectivity index (χ0n) is 12.8. The molecule has 0 unspecified atom stereocenters. The topological polar surface area (TPSA) is 38.8 Å². The predicted molar refractivity (Wildman–Crippen MR) is 82.8 cm³/mol. The Labute approximate surface area is 127 Å². The van der Waals surface area contributed by atoms with E-state index in [0.717, 1.165) is 51.1 Å². The highest BCUT2D eigenvalue weighted by molar-refractivity contribution is 5.77. The molecule has 116 valence electrons. The van der Waals surface area contributed by atoms with E-state index in [9.17, 15) is 4.79 Å². The Morgan fingerprint density at radius 1 is 1.05 bits per heavy atom. The number of benzene rings is 1. The van der Waals surface area contributed by atoms with Crippen molar-refractivity contribution in [2.75, 3.05) is 26.3 Å². The van der Waals surface area contributed by atoms with E-state index < -0.39 is 0 Å². The number of likely N-dealkylation sites (tertiary alicyclic amines) is 1. The Bertz CT molecular complexity index is 424. The minimum absolute atomic E-state index is 0.0815. The predicted octanol–water partition coefficient (Wildman–Crippen LogP) is 3.26. The van der Waals surface area contributed by atoms with Crippen LogP contribution in [-0.2, 0) is 4.79 Å². The Kier molecular flexibility index (Phi) is 6.38. The number of piperidine rings is 1. The zero-order chi connectivity index (χ0) is 14.9. The maximum absolute atomic E-state index is 12.0. The largest absolute Gasteiger partial charge is 0.494 e. The fourth-order valence-electron chi connectivity index (χ4n) is 2.35. The fraction of sp³-hybridized carbons (Fsp3) is 0.588. The van der Waals surface area contributed by atoms with Gasteiger partial charge in [0, 0.05) is 13.1 Å². The third kappa shape index (κ3) is 5.29. The van der Waals surface area contributed by atoms with Crippen molar-refractivity contribution in [3.05, 3.63) is 24.3 Å². The van der Waals surface area contributed by atoms with E-state index in [4.69, 9.17) is 9.47 Å². The van der Waals surface area contributed by atoms with Crippen LogP contribution in [0.25, 0.3) is 0 Å². The number of unbranched alkanes of at least 4 members (excludes halogenated alkanes) is 1. The van der Waals surface area contributed by atoms with Crippen molar-refractivity contribution in [1.29, 1.82) is 0 Å². The highest BCUT2D eigenvalue weighted by atomic mass is 16.5. The molecule has 0 saturated carbocycles. The third-order valence-corrected chi connectivity index (χ3v) is 3.66. The van der Waals surface area contributed by atoms with Gasteiger partial charge in [-0.3, -0.25) is 4.79 Å². The SMILES string of the molecule is CCCCOc1ccc(OCC(=O)N2CCCCC2)cc1. The molecule has 1 fully saturated rings. The van der Waals surface area contributed by atoms with Crippen molar-refractivity contribution in [3.8, 4) is 11.5 Å². The first kappa shape index (κ1) is 15.7. The Hall–Kier alpha value is -1.71. The van der Waals surface area contributed by atoms with Crippen LogP contribution in [0.15, 0.2) is 24.3 Å². The lowest BCUT2D eigenvalue weighted by Gasteiger charge is -2.26. The second kappa shape index (κ2) is 8.55. The van der Waals surface area contributed by atoms with Gasteiger partial charge in [0.05, 0.1) is 6.61 Å². The lowest BCUT2D eigenvalue weighted by molar-refractivity contribution is -0.134. The molecule has 1 aliphatic heterocycles. The molecule has 1 heterocycles. The van der Waals surface area contributed by atoms with Gasteiger partial charge in [-0.05, 0) is 49.9 Å². The average Bonchev–Trinajstić information content (AvgIpc) is 2.55. The summed E-state index contributed by atoms with van der Waals surface area (Å²) in [6.07, 6.45) is 5.62. The summed E-state index contributed by atoms with van der Waals surface area (Å²) in [4.78, 5) is 13.9. The van der Waals surface area contributed by atoms with Crippen LogP contribution in [0.4, 0.5) is 0 Å². The Balaban J connectivity index is 1.73. The number of carbonyl (C=O) groups is 1. The van der Waals surface area contributed by atoms with E-state index in [1.807, 2.05) is 29.2 Å². The quantitative estimate of drug-likeness (QED) is 0.724. The van der Waals surface area contributed by atoms with Gasteiger partial charge in [0.2, 0.25) is 0 Å². The van der Waals surface area contributed by atoms with E-state index >= 15 is 0 Å². The first-order valence-electron chi connectivity index (χ1n) is 7.93. The summed E-state index contributed by atoms with van der Waals surface area (Å²) in [5.41, 5.74) is 0. The molecule has 0 spiro atoms. The molecule has 4 heteroatoms. The van der Waals surface area contributed by atoms with Crippen LogP contribution in [0, 0.1) is 0 Å². The highest BCUT2D eigenvalue weighted by Gasteiger charge is 2.16. The van der Waals surface area contributed by atoms with Gasteiger partial charge in [-0.15, -0.1) is 0 Å². The number of nitrogens with zero attached hydrogens (tertiary/aromatic N) is 1. The number of hydrogen-bond acceptors (Lipinski definition) is 3. The van der Waals surface area contributed by atoms with Gasteiger partial charge >= 0.3 is 0 Å². The van der Waals surface area contributed by atoms with Crippen LogP contribution in [0.2, 0.25) is 0 Å². The number of ether oxygens (including phenoxy) is 2. The van der Waals surface area contributed by atoms with Gasteiger partial charge in [0.1, 0.15) is 11.5 Å². The van der Waals surface area contributed by atoms with E-state index in [1.165, 1.54) is 6.42 Å². The monoisotopic (exact) mass is 291 g/mol. The summed E-state index contributed by atoms with van der Waals surface area (Å²) in [5, 5.41) is 0. The van der Waals surface area contributed by atoms with Crippen molar-refractivity contribution >= 4 is 5.91 Å². The van der Waals surface area contributed by atoms with Crippen LogP contribution in [-0.4, -0.2) is 37.1 Å². The summed E-state index contributed by atoms with van der Waals surface area (Å²) in [5.74, 6) is 1.64. The number of hydrogen-bond donors (Lipinski definition) is 0. The Morgan fingerprint density at radius 2 is 1.67 bits per heavy atom. The smallest absolute Gasteiger partial charge is 0.260 e. The molecule has 4 nitrogen and oxygen atoms in total. The van der Waals surface area contributed by atoms with Crippen LogP contribution < -0.4 is 9.47 Å². The average molecular weight is 291 g/mol. The number of amides is 1. The zero-order valence-corrected chi connectivity index (χ0v) is 12.8. The molecule has 1 aromatic carbocycles. The summed E-state index contributed by atoms with van der Waals surface area (Å²) in [6.45, 7) is 4.73. The van der Waals surface area contributed by atoms with Gasteiger partial charge in [-0.25, -0.2) is 0 Å². The molecule has 0 N–H and O–H groups in total. The van der Waals surface area contributed by atoms with Crippen LogP contribution >= 0.6 is 0 Å². The highest BCUT2D eigenvalue weighted by Crippen LogP contribution is 2.18. The van der Waals surface area contributed by atoms with Crippen molar-refractivity contribution in [2.24, 2.45) is 0 Å². The molecular weight excluding hydrogens is 266 g/mol. The molecule has 0 bridgehead atoms. The summed E-state index contributed by atoms with van der Waals surface area (Å²) >= 11 is 0. The minimum atomic E-state index is 0.0815. The van der Waals surface area contributed by atoms with Gasteiger partial charge in [0.25, 0.3) is 5.91 Å². The van der Waals surface area contributed by atoms with Crippen LogP contribution in [0.5, 0.6) is 11.5 Å². The first-order valence-corrected chi connectivity index (χ1v) is 7.93. The molecule has 0 aromatic heterocycles. The van der Waals surface area contributed by atoms with Crippen LogP contribution in [0.3, 0.4) is 0 Å². The summed E-state index contributed by atoms with van der Waals surface area (Å²) in [7, 11) is 0. The maximum Gasteiger partial charge on any atom is 0.260 e. The van der Waals surface area contributed by atoms with Gasteiger partial charge < -0.3 is 14.4 Å². The molecule has 21 heavy (non-hydrogen) atoms. The van der Waals surface area contributed by atoms with Crippen molar-refractivity contribution in [3.63, 3.8) is 0 Å². The van der Waals surface area contributed by atoms with Crippen molar-refractivity contribution < 1.29 is 14.3 Å². The fourth-order valence-corrected chi connectivity index (χ4v) is 2.35. The molecule has 0 aliphatic carbocycles. The molecule has 1 amide bonds. The van der Waals surface area contributed by atoms with E-state index in [0.29, 0.717) is 5.75 Å². The van der Waals surface area contributed by atoms with Crippen LogP contribution in [0.1, 0.15) is 39.0 Å². The molecule has 1 aromatic rings.